The monoisotopic (exact) mass is 227 g/mol. The zero-order chi connectivity index (χ0) is 12.1. The molecule has 0 unspecified atom stereocenters. The minimum absolute atomic E-state index is 0.0519. The average molecular weight is 227 g/mol. The Hall–Kier alpha value is -1.96. The molecule has 0 amide bonds. The first-order valence-corrected chi connectivity index (χ1v) is 4.28. The van der Waals surface area contributed by atoms with E-state index < -0.39 is 12.6 Å². The summed E-state index contributed by atoms with van der Waals surface area (Å²) in [6, 6.07) is 2.36. The van der Waals surface area contributed by atoms with Crippen molar-refractivity contribution in [2.24, 2.45) is 0 Å². The average Bonchev–Trinajstić information content (AvgIpc) is 2.28. The van der Waals surface area contributed by atoms with Crippen LogP contribution in [0.5, 0.6) is 17.2 Å². The van der Waals surface area contributed by atoms with Crippen LogP contribution in [0, 0.1) is 10.1 Å². The molecular weight excluding hydrogens is 217 g/mol. The molecule has 0 radical (unpaired) electrons. The Kier molecular flexibility index (Phi) is 3.95. The first-order valence-electron chi connectivity index (χ1n) is 4.28. The summed E-state index contributed by atoms with van der Waals surface area (Å²) in [6.07, 6.45) is 0. The van der Waals surface area contributed by atoms with Crippen LogP contribution in [0.4, 0.5) is 5.69 Å². The first kappa shape index (κ1) is 12.1. The Labute approximate surface area is 92.0 Å². The third-order valence-corrected chi connectivity index (χ3v) is 1.86. The molecule has 1 rings (SSSR count). The molecule has 1 aromatic carbocycles. The van der Waals surface area contributed by atoms with E-state index in [1.807, 2.05) is 0 Å². The summed E-state index contributed by atoms with van der Waals surface area (Å²) in [5.41, 5.74) is -0.207. The molecule has 1 aromatic rings. The van der Waals surface area contributed by atoms with Gasteiger partial charge in [0, 0.05) is 0 Å². The lowest BCUT2D eigenvalue weighted by Gasteiger charge is -2.12. The van der Waals surface area contributed by atoms with E-state index in [1.165, 1.54) is 20.3 Å². The zero-order valence-electron chi connectivity index (χ0n) is 8.80. The van der Waals surface area contributed by atoms with Crippen LogP contribution in [0.3, 0.4) is 0 Å². The van der Waals surface area contributed by atoms with Crippen LogP contribution in [0.25, 0.3) is 0 Å². The number of ether oxygens (including phenoxy) is 2. The number of rotatable bonds is 5. The third-order valence-electron chi connectivity index (χ3n) is 1.86. The maximum absolute atomic E-state index is 10.6. The van der Waals surface area contributed by atoms with Crippen molar-refractivity contribution in [2.75, 3.05) is 14.2 Å². The summed E-state index contributed by atoms with van der Waals surface area (Å²) in [5.74, 6) is 0.415. The van der Waals surface area contributed by atoms with E-state index in [9.17, 15) is 10.1 Å². The van der Waals surface area contributed by atoms with E-state index in [4.69, 9.17) is 19.2 Å². The van der Waals surface area contributed by atoms with Crippen LogP contribution in [0.15, 0.2) is 12.1 Å². The fraction of sp³-hybridized carbons (Fsp3) is 0.250. The fourth-order valence-electron chi connectivity index (χ4n) is 1.20. The molecule has 0 aliphatic heterocycles. The van der Waals surface area contributed by atoms with Crippen LogP contribution in [0.2, 0.25) is 0 Å². The van der Waals surface area contributed by atoms with Gasteiger partial charge in [-0.05, 0) is 0 Å². The smallest absolute Gasteiger partial charge is 0.504 e. The molecule has 0 saturated carbocycles. The van der Waals surface area contributed by atoms with E-state index in [0.29, 0.717) is 0 Å². The normalized spacial score (nSPS) is 9.44. The molecule has 86 valence electrons. The Bertz CT molecular complexity index is 396. The molecule has 0 aliphatic rings. The molecule has 1 N–H and O–H groups in total. The Balaban J connectivity index is 3.31. The van der Waals surface area contributed by atoms with Gasteiger partial charge in [-0.25, -0.2) is 0 Å². The van der Waals surface area contributed by atoms with Crippen molar-refractivity contribution in [1.82, 2.24) is 0 Å². The second kappa shape index (κ2) is 5.22. The largest absolute Gasteiger partial charge is 0.536 e. The topological polar surface area (TPSA) is 91.1 Å². The molecular formula is C8H10BNO6. The minimum atomic E-state index is -0.610. The van der Waals surface area contributed by atoms with Gasteiger partial charge >= 0.3 is 7.69 Å². The van der Waals surface area contributed by atoms with Gasteiger partial charge in [-0.2, -0.15) is 0 Å². The number of non-ortho nitro benzene ring substituents is 1. The van der Waals surface area contributed by atoms with Gasteiger partial charge in [0.05, 0.1) is 31.3 Å². The van der Waals surface area contributed by atoms with E-state index in [2.05, 4.69) is 0 Å². The van der Waals surface area contributed by atoms with Gasteiger partial charge < -0.3 is 19.2 Å². The Morgan fingerprint density at radius 2 is 1.94 bits per heavy atom. The van der Waals surface area contributed by atoms with Crippen molar-refractivity contribution in [2.45, 2.75) is 0 Å². The summed E-state index contributed by atoms with van der Waals surface area (Å²) in [6.45, 7) is 0. The van der Waals surface area contributed by atoms with E-state index in [1.54, 1.807) is 0 Å². The molecule has 16 heavy (non-hydrogen) atoms. The van der Waals surface area contributed by atoms with Crippen LogP contribution >= 0.6 is 0 Å². The Morgan fingerprint density at radius 1 is 1.31 bits per heavy atom. The molecule has 0 fully saturated rings. The maximum Gasteiger partial charge on any atom is 0.504 e. The predicted molar refractivity (Wildman–Crippen MR) is 56.2 cm³/mol. The lowest BCUT2D eigenvalue weighted by molar-refractivity contribution is -0.385. The standard InChI is InChI=1S/C8H10BNO6/c1-14-6-3-5(10(12)13)4-7(16-9-11)8(6)15-2/h3-4,9,11H,1-2H3. The van der Waals surface area contributed by atoms with Crippen LogP contribution in [0.1, 0.15) is 0 Å². The highest BCUT2D eigenvalue weighted by Crippen LogP contribution is 2.40. The molecule has 0 heterocycles. The van der Waals surface area contributed by atoms with Crippen LogP contribution in [-0.2, 0) is 0 Å². The number of nitro benzene ring substituents is 1. The fourth-order valence-corrected chi connectivity index (χ4v) is 1.20. The number of methoxy groups -OCH3 is 2. The van der Waals surface area contributed by atoms with E-state index in [-0.39, 0.29) is 22.9 Å². The van der Waals surface area contributed by atoms with Gasteiger partial charge in [0.1, 0.15) is 0 Å². The Morgan fingerprint density at radius 3 is 2.38 bits per heavy atom. The van der Waals surface area contributed by atoms with Crippen molar-refractivity contribution in [3.63, 3.8) is 0 Å². The lowest BCUT2D eigenvalue weighted by Crippen LogP contribution is -2.03. The molecule has 0 aromatic heterocycles. The highest BCUT2D eigenvalue weighted by Gasteiger charge is 2.18. The molecule has 0 atom stereocenters. The summed E-state index contributed by atoms with van der Waals surface area (Å²) in [7, 11) is 2.11. The van der Waals surface area contributed by atoms with E-state index >= 15 is 0 Å². The van der Waals surface area contributed by atoms with Crippen molar-refractivity contribution < 1.29 is 24.1 Å². The van der Waals surface area contributed by atoms with E-state index in [0.717, 1.165) is 6.07 Å². The predicted octanol–water partition coefficient (Wildman–Crippen LogP) is 0.250. The van der Waals surface area contributed by atoms with Crippen LogP contribution < -0.4 is 14.1 Å². The molecule has 0 bridgehead atoms. The maximum atomic E-state index is 10.6. The first-order chi connectivity index (χ1) is 7.63. The highest BCUT2D eigenvalue weighted by molar-refractivity contribution is 6.17. The summed E-state index contributed by atoms with van der Waals surface area (Å²) in [5, 5.41) is 19.3. The van der Waals surface area contributed by atoms with Crippen molar-refractivity contribution >= 4 is 13.4 Å². The van der Waals surface area contributed by atoms with Gasteiger partial charge in [-0.15, -0.1) is 0 Å². The number of benzene rings is 1. The molecule has 0 saturated heterocycles. The highest BCUT2D eigenvalue weighted by atomic mass is 16.6. The van der Waals surface area contributed by atoms with Gasteiger partial charge in [-0.3, -0.25) is 10.1 Å². The van der Waals surface area contributed by atoms with Crippen LogP contribution in [-0.4, -0.2) is 31.9 Å². The van der Waals surface area contributed by atoms with Gasteiger partial charge in [0.2, 0.25) is 5.75 Å². The third kappa shape index (κ3) is 2.34. The minimum Gasteiger partial charge on any atom is -0.536 e. The number of hydrogen-bond acceptors (Lipinski definition) is 6. The summed E-state index contributed by atoms with van der Waals surface area (Å²) >= 11 is 0. The van der Waals surface area contributed by atoms with Crippen molar-refractivity contribution in [3.8, 4) is 17.2 Å². The number of nitrogens with zero attached hydrogens (tertiary/aromatic N) is 1. The van der Waals surface area contributed by atoms with Crippen molar-refractivity contribution in [3.05, 3.63) is 22.2 Å². The number of hydrogen-bond donors (Lipinski definition) is 1. The molecule has 0 aliphatic carbocycles. The van der Waals surface area contributed by atoms with Crippen molar-refractivity contribution in [1.29, 1.82) is 0 Å². The molecule has 0 spiro atoms. The zero-order valence-corrected chi connectivity index (χ0v) is 8.80. The van der Waals surface area contributed by atoms with Gasteiger partial charge in [0.15, 0.2) is 11.5 Å². The summed E-state index contributed by atoms with van der Waals surface area (Å²) in [4.78, 5) is 10.0. The second-order valence-electron chi connectivity index (χ2n) is 2.71. The molecule has 7 nitrogen and oxygen atoms in total. The lowest BCUT2D eigenvalue weighted by atomic mass is 10.2. The number of nitro groups is 1. The quantitative estimate of drug-likeness (QED) is 0.440. The SMILES string of the molecule is COc1cc([N+](=O)[O-])cc(OBO)c1OC. The van der Waals surface area contributed by atoms with Gasteiger partial charge in [-0.1, -0.05) is 0 Å². The second-order valence-corrected chi connectivity index (χ2v) is 2.71. The summed E-state index contributed by atoms with van der Waals surface area (Å²) < 4.78 is 14.7. The molecule has 8 heteroatoms. The van der Waals surface area contributed by atoms with Gasteiger partial charge in [0.25, 0.3) is 5.69 Å².